The molecule has 0 bridgehead atoms. The van der Waals surface area contributed by atoms with Gasteiger partial charge in [-0.2, -0.15) is 4.39 Å². The molecule has 1 saturated carbocycles. The van der Waals surface area contributed by atoms with Crippen LogP contribution in [-0.4, -0.2) is 30.3 Å². The van der Waals surface area contributed by atoms with Crippen molar-refractivity contribution in [3.05, 3.63) is 66.0 Å². The normalized spacial score (nSPS) is 22.1. The summed E-state index contributed by atoms with van der Waals surface area (Å²) in [6.07, 6.45) is 9.72. The topological polar surface area (TPSA) is 20.3 Å². The van der Waals surface area contributed by atoms with Crippen LogP contribution in [0.3, 0.4) is 0 Å². The second kappa shape index (κ2) is 23.7. The molecule has 1 heterocycles. The van der Waals surface area contributed by atoms with Gasteiger partial charge < -0.3 is 4.90 Å². The molecule has 0 aromatic carbocycles. The molecule has 0 radical (unpaired) electrons. The molecular formula is C31H53F2NO. The number of allylic oxidation sites excluding steroid dienone is 7. The van der Waals surface area contributed by atoms with Crippen LogP contribution in [-0.2, 0) is 4.79 Å². The standard InChI is InChI=1S/C10H19N.C9H8F2.C6H10O.2C2H6.C2H4/c1-3-11-6-9-4-8(2)5-10(9)7-11;1-2-7-4-3-5-8(10)9(11)6-7;1-4-5(2)6(3)7;3*1-2/h8-10H,3-7H2,1-2H3;3-4,6H,2H2,1H3;4H,1-3H3;2*1-2H3;1-2H2/b;;5-4+;;;/t8?,9-,10+;;;;;. The van der Waals surface area contributed by atoms with E-state index in [1.807, 2.05) is 54.5 Å². The van der Waals surface area contributed by atoms with E-state index in [-0.39, 0.29) is 5.78 Å². The van der Waals surface area contributed by atoms with Gasteiger partial charge in [-0.3, -0.25) is 4.79 Å². The number of rotatable bonds is 3. The number of carbonyl (C=O) groups excluding carboxylic acids is 1. The second-order valence-electron chi connectivity index (χ2n) is 8.19. The molecule has 1 saturated heterocycles. The van der Waals surface area contributed by atoms with Crippen LogP contribution < -0.4 is 0 Å². The molecule has 1 aliphatic heterocycles. The monoisotopic (exact) mass is 493 g/mol. The molecule has 3 aliphatic rings. The molecule has 1 unspecified atom stereocenters. The molecule has 2 aliphatic carbocycles. The van der Waals surface area contributed by atoms with Crippen molar-refractivity contribution in [3.63, 3.8) is 0 Å². The van der Waals surface area contributed by atoms with Crippen molar-refractivity contribution in [2.45, 2.75) is 88.5 Å². The Morgan fingerprint density at radius 2 is 1.57 bits per heavy atom. The lowest BCUT2D eigenvalue weighted by Gasteiger charge is -2.14. The minimum absolute atomic E-state index is 0.155. The Hall–Kier alpha value is -2.03. The molecule has 3 rings (SSSR count). The van der Waals surface area contributed by atoms with Crippen molar-refractivity contribution >= 4 is 5.78 Å². The third-order valence-electron chi connectivity index (χ3n) is 5.94. The first-order valence-electron chi connectivity index (χ1n) is 13.3. The minimum atomic E-state index is -0.926. The van der Waals surface area contributed by atoms with E-state index >= 15 is 0 Å². The Morgan fingerprint density at radius 3 is 1.91 bits per heavy atom. The van der Waals surface area contributed by atoms with Gasteiger partial charge >= 0.3 is 0 Å². The SMILES string of the molecule is C/C=C(\C)C(C)=O.C=C.CC.CC.CCC1=CC=C=C(F)C(F)=C1.CCN1C[C@H]2CC(C)C[C@H]2C1. The third-order valence-corrected chi connectivity index (χ3v) is 5.94. The van der Waals surface area contributed by atoms with Crippen LogP contribution in [0.4, 0.5) is 8.78 Å². The molecule has 202 valence electrons. The third kappa shape index (κ3) is 16.3. The number of Topliss-reactive ketones (excluding diaryl/α,β-unsaturated/α-hetero) is 1. The van der Waals surface area contributed by atoms with E-state index < -0.39 is 11.7 Å². The Kier molecular flexibility index (Phi) is 25.4. The van der Waals surface area contributed by atoms with Crippen LogP contribution in [0.25, 0.3) is 0 Å². The van der Waals surface area contributed by atoms with E-state index in [1.165, 1.54) is 44.6 Å². The molecule has 4 heteroatoms. The summed E-state index contributed by atoms with van der Waals surface area (Å²) in [5, 5.41) is 0. The number of hydrogen-bond acceptors (Lipinski definition) is 2. The van der Waals surface area contributed by atoms with Crippen molar-refractivity contribution in [2.75, 3.05) is 19.6 Å². The number of fused-ring (bicyclic) bond motifs is 1. The second-order valence-corrected chi connectivity index (χ2v) is 8.19. The van der Waals surface area contributed by atoms with Gasteiger partial charge in [-0.05, 0) is 87.6 Å². The Morgan fingerprint density at radius 1 is 1.09 bits per heavy atom. The van der Waals surface area contributed by atoms with Gasteiger partial charge in [-0.15, -0.1) is 13.2 Å². The van der Waals surface area contributed by atoms with Gasteiger partial charge in [0.05, 0.1) is 0 Å². The van der Waals surface area contributed by atoms with E-state index in [2.05, 4.69) is 37.6 Å². The number of carbonyl (C=O) groups is 1. The molecule has 2 nitrogen and oxygen atoms in total. The lowest BCUT2D eigenvalue weighted by molar-refractivity contribution is -0.113. The summed E-state index contributed by atoms with van der Waals surface area (Å²) in [5.74, 6) is 1.53. The van der Waals surface area contributed by atoms with Gasteiger partial charge in [0.2, 0.25) is 5.83 Å². The van der Waals surface area contributed by atoms with E-state index in [0.717, 1.165) is 28.9 Å². The summed E-state index contributed by atoms with van der Waals surface area (Å²) in [4.78, 5) is 12.9. The van der Waals surface area contributed by atoms with E-state index in [4.69, 9.17) is 0 Å². The number of hydrogen-bond donors (Lipinski definition) is 0. The summed E-state index contributed by atoms with van der Waals surface area (Å²) in [6, 6.07) is 0. The van der Waals surface area contributed by atoms with Crippen molar-refractivity contribution in [2.24, 2.45) is 17.8 Å². The maximum atomic E-state index is 12.6. The van der Waals surface area contributed by atoms with Crippen molar-refractivity contribution in [3.8, 4) is 0 Å². The molecule has 0 N–H and O–H groups in total. The zero-order valence-corrected chi connectivity index (χ0v) is 24.3. The molecule has 2 fully saturated rings. The van der Waals surface area contributed by atoms with Crippen LogP contribution in [0.5, 0.6) is 0 Å². The van der Waals surface area contributed by atoms with Gasteiger partial charge in [0.25, 0.3) is 0 Å². The molecule has 0 aromatic heterocycles. The predicted molar refractivity (Wildman–Crippen MR) is 152 cm³/mol. The number of nitrogens with zero attached hydrogens (tertiary/aromatic N) is 1. The summed E-state index contributed by atoms with van der Waals surface area (Å²) in [7, 11) is 0. The quantitative estimate of drug-likeness (QED) is 0.222. The van der Waals surface area contributed by atoms with Gasteiger partial charge in [-0.25, -0.2) is 4.39 Å². The molecule has 0 aromatic rings. The molecular weight excluding hydrogens is 440 g/mol. The van der Waals surface area contributed by atoms with Gasteiger partial charge in [-0.1, -0.05) is 66.3 Å². The highest BCUT2D eigenvalue weighted by Crippen LogP contribution is 2.40. The number of likely N-dealkylation sites (tertiary alicyclic amines) is 1. The first-order chi connectivity index (χ1) is 16.7. The van der Waals surface area contributed by atoms with Crippen LogP contribution in [0.1, 0.15) is 88.5 Å². The molecule has 0 amide bonds. The average molecular weight is 494 g/mol. The zero-order valence-electron chi connectivity index (χ0n) is 24.3. The highest BCUT2D eigenvalue weighted by atomic mass is 19.2. The van der Waals surface area contributed by atoms with Crippen molar-refractivity contribution in [1.29, 1.82) is 0 Å². The average Bonchev–Trinajstić information content (AvgIpc) is 3.38. The van der Waals surface area contributed by atoms with Crippen molar-refractivity contribution < 1.29 is 13.6 Å². The lowest BCUT2D eigenvalue weighted by Crippen LogP contribution is -2.21. The highest BCUT2D eigenvalue weighted by Gasteiger charge is 2.38. The Balaban J connectivity index is -0.000000404. The van der Waals surface area contributed by atoms with Crippen LogP contribution >= 0.6 is 0 Å². The Labute approximate surface area is 216 Å². The van der Waals surface area contributed by atoms with Crippen LogP contribution in [0.15, 0.2) is 66.0 Å². The molecule has 35 heavy (non-hydrogen) atoms. The number of halogens is 2. The minimum Gasteiger partial charge on any atom is -0.303 e. The smallest absolute Gasteiger partial charge is 0.201 e. The summed E-state index contributed by atoms with van der Waals surface area (Å²) < 4.78 is 25.0. The van der Waals surface area contributed by atoms with E-state index in [0.29, 0.717) is 6.42 Å². The summed E-state index contributed by atoms with van der Waals surface area (Å²) >= 11 is 0. The van der Waals surface area contributed by atoms with Gasteiger partial charge in [0, 0.05) is 13.1 Å². The first kappa shape index (κ1) is 37.5. The molecule has 3 atom stereocenters. The van der Waals surface area contributed by atoms with Crippen LogP contribution in [0.2, 0.25) is 0 Å². The zero-order chi connectivity index (χ0) is 28.0. The van der Waals surface area contributed by atoms with E-state index in [9.17, 15) is 13.6 Å². The lowest BCUT2D eigenvalue weighted by atomic mass is 10.0. The first-order valence-corrected chi connectivity index (χ1v) is 13.3. The molecule has 0 spiro atoms. The van der Waals surface area contributed by atoms with Gasteiger partial charge in [0.15, 0.2) is 11.6 Å². The van der Waals surface area contributed by atoms with E-state index in [1.54, 1.807) is 13.0 Å². The van der Waals surface area contributed by atoms with Crippen LogP contribution in [0, 0.1) is 17.8 Å². The van der Waals surface area contributed by atoms with Gasteiger partial charge in [0.1, 0.15) is 0 Å². The largest absolute Gasteiger partial charge is 0.303 e. The maximum absolute atomic E-state index is 12.6. The fraction of sp³-hybridized carbons (Fsp3) is 0.613. The fourth-order valence-electron chi connectivity index (χ4n) is 3.95. The summed E-state index contributed by atoms with van der Waals surface area (Å²) in [6.45, 7) is 29.9. The van der Waals surface area contributed by atoms with Crippen molar-refractivity contribution in [1.82, 2.24) is 4.90 Å². The fourth-order valence-corrected chi connectivity index (χ4v) is 3.95. The highest BCUT2D eigenvalue weighted by molar-refractivity contribution is 5.92. The summed E-state index contributed by atoms with van der Waals surface area (Å²) in [5.41, 5.74) is 3.76. The maximum Gasteiger partial charge on any atom is 0.201 e. The predicted octanol–water partition coefficient (Wildman–Crippen LogP) is 9.58. The number of ketones is 1. The Bertz CT molecular complexity index is 712.